The highest BCUT2D eigenvalue weighted by molar-refractivity contribution is 5.70. The maximum Gasteiger partial charge on any atom is 0.306 e. The zero-order chi connectivity index (χ0) is 56.2. The zero-order valence-electron chi connectivity index (χ0n) is 52.7. The van der Waals surface area contributed by atoms with Crippen LogP contribution in [0.1, 0.15) is 386 Å². The van der Waals surface area contributed by atoms with E-state index >= 15 is 0 Å². The molecule has 0 aliphatic carbocycles. The van der Waals surface area contributed by atoms with Crippen molar-refractivity contribution in [3.8, 4) is 0 Å². The summed E-state index contributed by atoms with van der Waals surface area (Å²) in [5, 5.41) is 9.70. The maximum atomic E-state index is 12.4. The third kappa shape index (κ3) is 66.4. The molecule has 0 aliphatic heterocycles. The van der Waals surface area contributed by atoms with Gasteiger partial charge in [0.25, 0.3) is 0 Å². The Labute approximate surface area is 488 Å². The van der Waals surface area contributed by atoms with Gasteiger partial charge in [0, 0.05) is 12.8 Å². The number of allylic oxidation sites excluding steroid dienone is 8. The van der Waals surface area contributed by atoms with Crippen LogP contribution < -0.4 is 0 Å². The number of carbonyl (C=O) groups excluding carboxylic acids is 2. The molecule has 1 atom stereocenters. The molecule has 5 heteroatoms. The molecule has 1 N–H and O–H groups in total. The minimum Gasteiger partial charge on any atom is -0.462 e. The second-order valence-electron chi connectivity index (χ2n) is 23.9. The van der Waals surface area contributed by atoms with Crippen LogP contribution >= 0.6 is 0 Å². The summed E-state index contributed by atoms with van der Waals surface area (Å²) in [6.07, 6.45) is 93.0. The lowest BCUT2D eigenvalue weighted by Crippen LogP contribution is -2.28. The Bertz CT molecular complexity index is 1280. The lowest BCUT2D eigenvalue weighted by Gasteiger charge is -2.15. The van der Waals surface area contributed by atoms with E-state index in [1.165, 1.54) is 302 Å². The normalized spacial score (nSPS) is 12.4. The largest absolute Gasteiger partial charge is 0.462 e. The summed E-state index contributed by atoms with van der Waals surface area (Å²) in [5.74, 6) is -0.566. The van der Waals surface area contributed by atoms with Crippen LogP contribution in [0.25, 0.3) is 0 Å². The fourth-order valence-corrected chi connectivity index (χ4v) is 10.9. The molecule has 0 aromatic rings. The average molecular weight is 1090 g/mol. The van der Waals surface area contributed by atoms with Crippen molar-refractivity contribution in [2.24, 2.45) is 0 Å². The van der Waals surface area contributed by atoms with E-state index in [1.54, 1.807) is 0 Å². The molecule has 0 bridgehead atoms. The first kappa shape index (κ1) is 75.9. The highest BCUT2D eigenvalue weighted by Gasteiger charge is 2.16. The summed E-state index contributed by atoms with van der Waals surface area (Å²) in [6, 6.07) is 0. The van der Waals surface area contributed by atoms with Gasteiger partial charge in [0.1, 0.15) is 6.61 Å². The highest BCUT2D eigenvalue weighted by atomic mass is 16.6. The lowest BCUT2D eigenvalue weighted by atomic mass is 10.0. The van der Waals surface area contributed by atoms with E-state index in [0.717, 1.165) is 57.8 Å². The minimum absolute atomic E-state index is 0.0592. The van der Waals surface area contributed by atoms with Gasteiger partial charge in [0.2, 0.25) is 0 Å². The number of aliphatic hydroxyl groups is 1. The van der Waals surface area contributed by atoms with E-state index in [4.69, 9.17) is 9.47 Å². The van der Waals surface area contributed by atoms with Crippen LogP contribution in [0.5, 0.6) is 0 Å². The van der Waals surface area contributed by atoms with Crippen LogP contribution in [0.15, 0.2) is 48.6 Å². The Hall–Kier alpha value is -2.14. The minimum atomic E-state index is -0.770. The van der Waals surface area contributed by atoms with Crippen LogP contribution in [0.2, 0.25) is 0 Å². The monoisotopic (exact) mass is 1090 g/mol. The second kappa shape index (κ2) is 69.1. The van der Waals surface area contributed by atoms with Crippen molar-refractivity contribution in [3.05, 3.63) is 48.6 Å². The number of esters is 2. The van der Waals surface area contributed by atoms with Gasteiger partial charge in [-0.3, -0.25) is 9.59 Å². The van der Waals surface area contributed by atoms with E-state index < -0.39 is 6.10 Å². The van der Waals surface area contributed by atoms with Gasteiger partial charge in [-0.15, -0.1) is 0 Å². The molecule has 0 radical (unpaired) electrons. The zero-order valence-corrected chi connectivity index (χ0v) is 52.7. The molecule has 0 heterocycles. The maximum absolute atomic E-state index is 12.4. The standard InChI is InChI=1S/C73H136O5/c1-3-5-7-9-11-13-15-17-19-21-23-25-27-29-31-33-35-36-38-40-42-44-46-48-50-52-54-56-58-60-62-64-66-68-73(76)78-71(69-74)70-77-72(75)67-65-63-61-59-57-55-53-51-49-47-45-43-41-39-37-34-32-30-28-26-24-22-20-18-16-14-12-10-8-6-4-2/h5,7,11,13,17,19,23,25,71,74H,3-4,6,8-10,12,14-16,18,20-22,24,26-70H2,1-2H3/b7-5-,13-11-,19-17-,25-23-. The van der Waals surface area contributed by atoms with Crippen molar-refractivity contribution >= 4 is 11.9 Å². The first-order valence-corrected chi connectivity index (χ1v) is 35.2. The van der Waals surface area contributed by atoms with Crippen LogP contribution in [-0.4, -0.2) is 36.4 Å². The number of carbonyl (C=O) groups is 2. The van der Waals surface area contributed by atoms with Crippen molar-refractivity contribution in [1.29, 1.82) is 0 Å². The first-order valence-electron chi connectivity index (χ1n) is 35.2. The number of rotatable bonds is 66. The van der Waals surface area contributed by atoms with Crippen LogP contribution in [0.4, 0.5) is 0 Å². The Balaban J connectivity index is 3.38. The topological polar surface area (TPSA) is 72.8 Å². The number of aliphatic hydroxyl groups excluding tert-OH is 1. The van der Waals surface area contributed by atoms with E-state index in [2.05, 4.69) is 62.5 Å². The Morgan fingerprint density at radius 3 is 0.833 bits per heavy atom. The first-order chi connectivity index (χ1) is 38.6. The molecule has 0 rings (SSSR count). The molecule has 0 fully saturated rings. The molecule has 5 nitrogen and oxygen atoms in total. The summed E-state index contributed by atoms with van der Waals surface area (Å²) in [7, 11) is 0. The highest BCUT2D eigenvalue weighted by Crippen LogP contribution is 2.19. The van der Waals surface area contributed by atoms with E-state index in [9.17, 15) is 14.7 Å². The van der Waals surface area contributed by atoms with Crippen LogP contribution in [-0.2, 0) is 19.1 Å². The fourth-order valence-electron chi connectivity index (χ4n) is 10.9. The molecular formula is C73H136O5. The van der Waals surface area contributed by atoms with Gasteiger partial charge in [-0.05, 0) is 51.4 Å². The number of ether oxygens (including phenoxy) is 2. The number of hydrogen-bond donors (Lipinski definition) is 1. The average Bonchev–Trinajstić information content (AvgIpc) is 3.44. The van der Waals surface area contributed by atoms with Crippen molar-refractivity contribution in [3.63, 3.8) is 0 Å². The van der Waals surface area contributed by atoms with Crippen molar-refractivity contribution in [1.82, 2.24) is 0 Å². The van der Waals surface area contributed by atoms with E-state index in [-0.39, 0.29) is 25.2 Å². The summed E-state index contributed by atoms with van der Waals surface area (Å²) < 4.78 is 10.8. The Kier molecular flexibility index (Phi) is 67.2. The van der Waals surface area contributed by atoms with Gasteiger partial charge >= 0.3 is 11.9 Å². The smallest absolute Gasteiger partial charge is 0.306 e. The lowest BCUT2D eigenvalue weighted by molar-refractivity contribution is -0.161. The molecule has 0 aromatic carbocycles. The van der Waals surface area contributed by atoms with Gasteiger partial charge in [-0.1, -0.05) is 371 Å². The third-order valence-electron chi connectivity index (χ3n) is 16.1. The number of unbranched alkanes of at least 4 members (excludes halogenated alkanes) is 50. The molecule has 0 aromatic heterocycles. The van der Waals surface area contributed by atoms with Crippen LogP contribution in [0, 0.1) is 0 Å². The Morgan fingerprint density at radius 2 is 0.551 bits per heavy atom. The molecular weight excluding hydrogens is 957 g/mol. The van der Waals surface area contributed by atoms with Crippen molar-refractivity contribution in [2.45, 2.75) is 392 Å². The van der Waals surface area contributed by atoms with Gasteiger partial charge in [0.15, 0.2) is 6.10 Å². The van der Waals surface area contributed by atoms with Crippen molar-refractivity contribution < 1.29 is 24.2 Å². The summed E-state index contributed by atoms with van der Waals surface area (Å²) in [4.78, 5) is 24.7. The fraction of sp³-hybridized carbons (Fsp3) is 0.863. The molecule has 78 heavy (non-hydrogen) atoms. The van der Waals surface area contributed by atoms with E-state index in [1.807, 2.05) is 0 Å². The predicted octanol–water partition coefficient (Wildman–Crippen LogP) is 24.3. The Morgan fingerprint density at radius 1 is 0.308 bits per heavy atom. The molecule has 0 amide bonds. The van der Waals surface area contributed by atoms with Gasteiger partial charge in [-0.25, -0.2) is 0 Å². The molecule has 1 unspecified atom stereocenters. The summed E-state index contributed by atoms with van der Waals surface area (Å²) in [6.45, 7) is 4.09. The molecule has 0 saturated carbocycles. The van der Waals surface area contributed by atoms with Gasteiger partial charge in [-0.2, -0.15) is 0 Å². The number of hydrogen-bond acceptors (Lipinski definition) is 5. The molecule has 0 saturated heterocycles. The SMILES string of the molecule is CC/C=C\C/C=C\C/C=C\C/C=C\CCCCCCCCCCCCCCCCCCCCCCC(=O)OC(CO)COC(=O)CCCCCCCCCCCCCCCCCCCCCCCCCCCCCCCCC. The van der Waals surface area contributed by atoms with Gasteiger partial charge in [0.05, 0.1) is 6.61 Å². The summed E-state index contributed by atoms with van der Waals surface area (Å²) in [5.41, 5.74) is 0. The molecule has 0 aliphatic rings. The van der Waals surface area contributed by atoms with Crippen molar-refractivity contribution in [2.75, 3.05) is 13.2 Å². The predicted molar refractivity (Wildman–Crippen MR) is 344 cm³/mol. The van der Waals surface area contributed by atoms with E-state index in [0.29, 0.717) is 12.8 Å². The van der Waals surface area contributed by atoms with Crippen LogP contribution in [0.3, 0.4) is 0 Å². The van der Waals surface area contributed by atoms with Gasteiger partial charge < -0.3 is 14.6 Å². The molecule has 0 spiro atoms. The third-order valence-corrected chi connectivity index (χ3v) is 16.1. The second-order valence-corrected chi connectivity index (χ2v) is 23.9. The summed E-state index contributed by atoms with van der Waals surface area (Å²) >= 11 is 0. The quantitative estimate of drug-likeness (QED) is 0.0373. The molecule has 458 valence electrons.